The molecule has 0 aromatic carbocycles. The van der Waals surface area contributed by atoms with Gasteiger partial charge in [0.1, 0.15) is 10.6 Å². The molecule has 2 aromatic heterocycles. The average molecular weight is 400 g/mol. The fraction of sp³-hybridized carbons (Fsp3) is 0.412. The van der Waals surface area contributed by atoms with Crippen molar-refractivity contribution in [2.45, 2.75) is 19.9 Å². The quantitative estimate of drug-likeness (QED) is 0.516. The third kappa shape index (κ3) is 5.57. The van der Waals surface area contributed by atoms with Crippen molar-refractivity contribution in [2.24, 2.45) is 0 Å². The Labute approximate surface area is 161 Å². The van der Waals surface area contributed by atoms with E-state index in [-0.39, 0.29) is 12.5 Å². The molecule has 0 atom stereocenters. The van der Waals surface area contributed by atoms with Crippen LogP contribution in [0.4, 0.5) is 5.69 Å². The number of thiophene rings is 1. The van der Waals surface area contributed by atoms with E-state index < -0.39 is 5.97 Å². The highest BCUT2D eigenvalue weighted by molar-refractivity contribution is 7.12. The number of anilines is 1. The maximum atomic E-state index is 12.3. The Hall–Kier alpha value is -1.87. The van der Waals surface area contributed by atoms with E-state index in [1.165, 1.54) is 11.3 Å². The summed E-state index contributed by atoms with van der Waals surface area (Å²) < 4.78 is 1.75. The van der Waals surface area contributed by atoms with E-state index in [0.29, 0.717) is 27.8 Å². The van der Waals surface area contributed by atoms with Crippen molar-refractivity contribution in [2.75, 3.05) is 32.6 Å². The first-order chi connectivity index (χ1) is 12.4. The van der Waals surface area contributed by atoms with Gasteiger partial charge in [0.2, 0.25) is 0 Å². The van der Waals surface area contributed by atoms with Crippen molar-refractivity contribution >= 4 is 40.5 Å². The number of hydrogen-bond donors (Lipinski definition) is 1. The molecule has 2 aromatic rings. The van der Waals surface area contributed by atoms with Crippen LogP contribution >= 0.6 is 22.9 Å². The fourth-order valence-corrected chi connectivity index (χ4v) is 3.33. The third-order valence-electron chi connectivity index (χ3n) is 3.44. The van der Waals surface area contributed by atoms with Gasteiger partial charge in [0.05, 0.1) is 17.3 Å². The maximum Gasteiger partial charge on any atom is 0.389 e. The Bertz CT molecular complexity index is 757. The first-order valence-corrected chi connectivity index (χ1v) is 9.41. The normalized spacial score (nSPS) is 11.0. The van der Waals surface area contributed by atoms with Gasteiger partial charge in [-0.1, -0.05) is 11.6 Å². The van der Waals surface area contributed by atoms with Crippen molar-refractivity contribution in [3.8, 4) is 0 Å². The standard InChI is InChI=1S/C17H22ClN3O4S/c1-4-24-25-17(23)14-10-12(11-21(14)8-5-7-20(2)3)19-16(22)15-13(18)6-9-26-15/h6,9-11H,4-5,7-8H2,1-3H3,(H,19,22). The molecule has 0 unspecified atom stereocenters. The van der Waals surface area contributed by atoms with Gasteiger partial charge in [-0.25, -0.2) is 4.79 Å². The Morgan fingerprint density at radius 2 is 2.15 bits per heavy atom. The Morgan fingerprint density at radius 1 is 1.38 bits per heavy atom. The monoisotopic (exact) mass is 399 g/mol. The molecule has 0 aliphatic carbocycles. The number of carbonyl (C=O) groups is 2. The largest absolute Gasteiger partial charge is 0.389 e. The number of aryl methyl sites for hydroxylation is 1. The first kappa shape index (κ1) is 20.4. The highest BCUT2D eigenvalue weighted by Gasteiger charge is 2.19. The molecule has 1 amide bonds. The van der Waals surface area contributed by atoms with Gasteiger partial charge in [0.15, 0.2) is 0 Å². The number of aromatic nitrogens is 1. The summed E-state index contributed by atoms with van der Waals surface area (Å²) in [6.45, 7) is 3.45. The second kappa shape index (κ2) is 9.72. The molecule has 0 aliphatic heterocycles. The van der Waals surface area contributed by atoms with E-state index in [2.05, 4.69) is 10.2 Å². The lowest BCUT2D eigenvalue weighted by atomic mass is 10.3. The van der Waals surface area contributed by atoms with E-state index in [1.54, 1.807) is 35.2 Å². The highest BCUT2D eigenvalue weighted by Crippen LogP contribution is 2.24. The summed E-state index contributed by atoms with van der Waals surface area (Å²) >= 11 is 7.25. The van der Waals surface area contributed by atoms with E-state index >= 15 is 0 Å². The molecule has 26 heavy (non-hydrogen) atoms. The number of carbonyl (C=O) groups excluding carboxylic acids is 2. The summed E-state index contributed by atoms with van der Waals surface area (Å²) in [5.41, 5.74) is 0.803. The molecule has 1 N–H and O–H groups in total. The second-order valence-electron chi connectivity index (χ2n) is 5.79. The lowest BCUT2D eigenvalue weighted by Crippen LogP contribution is -2.17. The van der Waals surface area contributed by atoms with Crippen molar-refractivity contribution in [1.82, 2.24) is 9.47 Å². The molecule has 0 aliphatic rings. The first-order valence-electron chi connectivity index (χ1n) is 8.15. The summed E-state index contributed by atoms with van der Waals surface area (Å²) in [5, 5.41) is 4.91. The Balaban J connectivity index is 2.15. The molecule has 0 radical (unpaired) electrons. The van der Waals surface area contributed by atoms with Gasteiger partial charge in [-0.2, -0.15) is 4.89 Å². The van der Waals surface area contributed by atoms with E-state index in [4.69, 9.17) is 21.4 Å². The number of nitrogens with one attached hydrogen (secondary N) is 1. The van der Waals surface area contributed by atoms with Gasteiger partial charge in [-0.15, -0.1) is 11.3 Å². The molecule has 0 bridgehead atoms. The minimum atomic E-state index is -0.605. The van der Waals surface area contributed by atoms with E-state index in [0.717, 1.165) is 13.0 Å². The van der Waals surface area contributed by atoms with Crippen molar-refractivity contribution in [1.29, 1.82) is 0 Å². The van der Waals surface area contributed by atoms with Gasteiger partial charge in [0.25, 0.3) is 5.91 Å². The number of amides is 1. The lowest BCUT2D eigenvalue weighted by molar-refractivity contribution is -0.237. The average Bonchev–Trinajstić information content (AvgIpc) is 3.18. The number of nitrogens with zero attached hydrogens (tertiary/aromatic N) is 2. The zero-order chi connectivity index (χ0) is 19.1. The molecule has 0 saturated carbocycles. The molecule has 7 nitrogen and oxygen atoms in total. The van der Waals surface area contributed by atoms with Gasteiger partial charge >= 0.3 is 5.97 Å². The van der Waals surface area contributed by atoms with E-state index in [9.17, 15) is 9.59 Å². The SMILES string of the molecule is CCOOC(=O)c1cc(NC(=O)c2sccc2Cl)cn1CCCN(C)C. The Kier molecular flexibility index (Phi) is 7.65. The smallest absolute Gasteiger partial charge is 0.340 e. The minimum Gasteiger partial charge on any atom is -0.340 e. The number of hydrogen-bond acceptors (Lipinski definition) is 6. The van der Waals surface area contributed by atoms with Gasteiger partial charge in [0, 0.05) is 12.7 Å². The molecule has 0 saturated heterocycles. The summed E-state index contributed by atoms with van der Waals surface area (Å²) in [7, 11) is 3.96. The second-order valence-corrected chi connectivity index (χ2v) is 7.12. The van der Waals surface area contributed by atoms with Crippen LogP contribution in [0.5, 0.6) is 0 Å². The van der Waals surface area contributed by atoms with E-state index in [1.807, 2.05) is 14.1 Å². The highest BCUT2D eigenvalue weighted by atomic mass is 35.5. The summed E-state index contributed by atoms with van der Waals surface area (Å²) in [5.74, 6) is -0.925. The molecule has 2 rings (SSSR count). The van der Waals surface area contributed by atoms with Crippen molar-refractivity contribution in [3.05, 3.63) is 39.3 Å². The summed E-state index contributed by atoms with van der Waals surface area (Å²) in [6.07, 6.45) is 2.54. The molecular weight excluding hydrogens is 378 g/mol. The van der Waals surface area contributed by atoms with Crippen molar-refractivity contribution in [3.63, 3.8) is 0 Å². The van der Waals surface area contributed by atoms with Gasteiger partial charge in [-0.05, 0) is 51.5 Å². The minimum absolute atomic E-state index is 0.257. The zero-order valence-corrected chi connectivity index (χ0v) is 16.5. The Morgan fingerprint density at radius 3 is 2.77 bits per heavy atom. The molecule has 2 heterocycles. The zero-order valence-electron chi connectivity index (χ0n) is 15.0. The van der Waals surface area contributed by atoms with Gasteiger partial charge < -0.3 is 14.8 Å². The van der Waals surface area contributed by atoms with Crippen molar-refractivity contribution < 1.29 is 19.4 Å². The van der Waals surface area contributed by atoms with Crippen LogP contribution < -0.4 is 5.32 Å². The number of rotatable bonds is 9. The topological polar surface area (TPSA) is 72.8 Å². The maximum absolute atomic E-state index is 12.3. The van der Waals surface area contributed by atoms with Crippen LogP contribution in [0.2, 0.25) is 5.02 Å². The third-order valence-corrected chi connectivity index (χ3v) is 4.78. The van der Waals surface area contributed by atoms with Crippen LogP contribution in [0.1, 0.15) is 33.5 Å². The number of halogens is 1. The predicted octanol–water partition coefficient (Wildman–Crippen LogP) is 3.52. The van der Waals surface area contributed by atoms with Gasteiger partial charge in [-0.3, -0.25) is 9.68 Å². The van der Waals surface area contributed by atoms with Crippen LogP contribution in [0, 0.1) is 0 Å². The van der Waals surface area contributed by atoms with Crippen LogP contribution in [-0.2, 0) is 16.3 Å². The molecule has 0 fully saturated rings. The molecule has 142 valence electrons. The summed E-state index contributed by atoms with van der Waals surface area (Å²) in [6, 6.07) is 3.23. The molecular formula is C17H22ClN3O4S. The fourth-order valence-electron chi connectivity index (χ4n) is 2.29. The molecule has 0 spiro atoms. The van der Waals surface area contributed by atoms with Crippen LogP contribution in [-0.4, -0.2) is 48.6 Å². The summed E-state index contributed by atoms with van der Waals surface area (Å²) in [4.78, 5) is 36.5. The molecule has 9 heteroatoms. The van der Waals surface area contributed by atoms with Crippen LogP contribution in [0.25, 0.3) is 0 Å². The van der Waals surface area contributed by atoms with Crippen LogP contribution in [0.3, 0.4) is 0 Å². The van der Waals surface area contributed by atoms with Crippen LogP contribution in [0.15, 0.2) is 23.7 Å². The predicted molar refractivity (Wildman–Crippen MR) is 102 cm³/mol. The lowest BCUT2D eigenvalue weighted by Gasteiger charge is -2.11.